The molecule has 0 atom stereocenters. The van der Waals surface area contributed by atoms with Crippen LogP contribution in [-0.2, 0) is 4.84 Å². The zero-order valence-electron chi connectivity index (χ0n) is 7.13. The summed E-state index contributed by atoms with van der Waals surface area (Å²) in [7, 11) is 1.53. The van der Waals surface area contributed by atoms with Crippen LogP contribution < -0.4 is 5.48 Å². The van der Waals surface area contributed by atoms with Crippen LogP contribution in [0.3, 0.4) is 0 Å². The first-order valence-corrected chi connectivity index (χ1v) is 3.62. The third-order valence-electron chi connectivity index (χ3n) is 1.61. The van der Waals surface area contributed by atoms with Gasteiger partial charge in [0.2, 0.25) is 0 Å². The Balaban J connectivity index is 2.99. The second-order valence-corrected chi connectivity index (χ2v) is 2.50. The summed E-state index contributed by atoms with van der Waals surface area (Å²) in [6.45, 7) is 1.94. The molecule has 0 amide bonds. The summed E-state index contributed by atoms with van der Waals surface area (Å²) in [4.78, 5) is 15.1. The van der Waals surface area contributed by atoms with Crippen molar-refractivity contribution in [3.63, 3.8) is 0 Å². The molecule has 0 heterocycles. The number of rotatable bonds is 3. The summed E-state index contributed by atoms with van der Waals surface area (Å²) >= 11 is 0. The molecule has 0 unspecified atom stereocenters. The van der Waals surface area contributed by atoms with Gasteiger partial charge in [0, 0.05) is 5.56 Å². The van der Waals surface area contributed by atoms with Crippen LogP contribution in [0.4, 0.5) is 5.69 Å². The van der Waals surface area contributed by atoms with Gasteiger partial charge in [0.25, 0.3) is 0 Å². The number of benzene rings is 1. The minimum Gasteiger partial charge on any atom is -0.298 e. The van der Waals surface area contributed by atoms with E-state index in [1.54, 1.807) is 12.1 Å². The SMILES string of the molecule is CONc1cc(C=O)ccc1C. The van der Waals surface area contributed by atoms with Gasteiger partial charge in [-0.15, -0.1) is 0 Å². The van der Waals surface area contributed by atoms with Crippen LogP contribution in [0.5, 0.6) is 0 Å². The van der Waals surface area contributed by atoms with E-state index in [2.05, 4.69) is 5.48 Å². The van der Waals surface area contributed by atoms with Crippen molar-refractivity contribution >= 4 is 12.0 Å². The first-order valence-electron chi connectivity index (χ1n) is 3.62. The lowest BCUT2D eigenvalue weighted by Crippen LogP contribution is -1.98. The Hall–Kier alpha value is -1.35. The lowest BCUT2D eigenvalue weighted by Gasteiger charge is -2.06. The third kappa shape index (κ3) is 1.83. The molecule has 1 N–H and O–H groups in total. The zero-order chi connectivity index (χ0) is 8.97. The van der Waals surface area contributed by atoms with Gasteiger partial charge >= 0.3 is 0 Å². The molecule has 64 valence electrons. The van der Waals surface area contributed by atoms with E-state index in [9.17, 15) is 4.79 Å². The molecule has 0 aliphatic rings. The Morgan fingerprint density at radius 1 is 1.50 bits per heavy atom. The van der Waals surface area contributed by atoms with E-state index in [0.29, 0.717) is 5.56 Å². The van der Waals surface area contributed by atoms with Gasteiger partial charge in [-0.05, 0) is 18.6 Å². The molecule has 12 heavy (non-hydrogen) atoms. The highest BCUT2D eigenvalue weighted by Crippen LogP contribution is 2.15. The predicted molar refractivity (Wildman–Crippen MR) is 47.2 cm³/mol. The van der Waals surface area contributed by atoms with Crippen LogP contribution in [0.25, 0.3) is 0 Å². The second kappa shape index (κ2) is 3.88. The summed E-state index contributed by atoms with van der Waals surface area (Å²) in [5, 5.41) is 0. The third-order valence-corrected chi connectivity index (χ3v) is 1.61. The number of hydrogen-bond acceptors (Lipinski definition) is 3. The van der Waals surface area contributed by atoms with Crippen molar-refractivity contribution in [2.75, 3.05) is 12.6 Å². The van der Waals surface area contributed by atoms with Gasteiger partial charge in [0.05, 0.1) is 12.8 Å². The van der Waals surface area contributed by atoms with Crippen LogP contribution in [0.15, 0.2) is 18.2 Å². The fourth-order valence-electron chi connectivity index (χ4n) is 0.933. The first kappa shape index (κ1) is 8.74. The molecule has 0 fully saturated rings. The molecule has 3 heteroatoms. The van der Waals surface area contributed by atoms with Gasteiger partial charge in [0.15, 0.2) is 0 Å². The Morgan fingerprint density at radius 3 is 2.83 bits per heavy atom. The molecule has 3 nitrogen and oxygen atoms in total. The van der Waals surface area contributed by atoms with E-state index in [-0.39, 0.29) is 0 Å². The monoisotopic (exact) mass is 165 g/mol. The smallest absolute Gasteiger partial charge is 0.150 e. The quantitative estimate of drug-likeness (QED) is 0.548. The highest BCUT2D eigenvalue weighted by molar-refractivity contribution is 5.77. The topological polar surface area (TPSA) is 38.3 Å². The summed E-state index contributed by atoms with van der Waals surface area (Å²) in [6, 6.07) is 5.38. The van der Waals surface area contributed by atoms with E-state index in [1.807, 2.05) is 13.0 Å². The average Bonchev–Trinajstić information content (AvgIpc) is 2.09. The molecule has 0 aromatic heterocycles. The first-order chi connectivity index (χ1) is 5.77. The van der Waals surface area contributed by atoms with Crippen molar-refractivity contribution in [1.29, 1.82) is 0 Å². The van der Waals surface area contributed by atoms with Crippen molar-refractivity contribution in [1.82, 2.24) is 0 Å². The second-order valence-electron chi connectivity index (χ2n) is 2.50. The normalized spacial score (nSPS) is 9.50. The van der Waals surface area contributed by atoms with Gasteiger partial charge in [-0.3, -0.25) is 15.1 Å². The number of anilines is 1. The van der Waals surface area contributed by atoms with Crippen molar-refractivity contribution in [2.45, 2.75) is 6.92 Å². The van der Waals surface area contributed by atoms with Crippen LogP contribution in [-0.4, -0.2) is 13.4 Å². The molecule has 0 radical (unpaired) electrons. The average molecular weight is 165 g/mol. The number of aldehydes is 1. The van der Waals surface area contributed by atoms with E-state index in [1.165, 1.54) is 7.11 Å². The van der Waals surface area contributed by atoms with Gasteiger partial charge in [-0.1, -0.05) is 12.1 Å². The highest BCUT2D eigenvalue weighted by Gasteiger charge is 1.97. The van der Waals surface area contributed by atoms with E-state index < -0.39 is 0 Å². The van der Waals surface area contributed by atoms with Crippen molar-refractivity contribution in [3.05, 3.63) is 29.3 Å². The maximum Gasteiger partial charge on any atom is 0.150 e. The molecule has 0 bridgehead atoms. The van der Waals surface area contributed by atoms with Crippen LogP contribution in [0.1, 0.15) is 15.9 Å². The Bertz CT molecular complexity index is 284. The number of nitrogens with one attached hydrogen (secondary N) is 1. The molecular weight excluding hydrogens is 154 g/mol. The van der Waals surface area contributed by atoms with E-state index in [0.717, 1.165) is 17.5 Å². The van der Waals surface area contributed by atoms with Crippen molar-refractivity contribution in [2.24, 2.45) is 0 Å². The lowest BCUT2D eigenvalue weighted by molar-refractivity contribution is 0.112. The van der Waals surface area contributed by atoms with E-state index in [4.69, 9.17) is 4.84 Å². The molecule has 0 spiro atoms. The highest BCUT2D eigenvalue weighted by atomic mass is 16.6. The number of hydrogen-bond donors (Lipinski definition) is 1. The van der Waals surface area contributed by atoms with Crippen LogP contribution in [0, 0.1) is 6.92 Å². The summed E-state index contributed by atoms with van der Waals surface area (Å²) in [6.07, 6.45) is 0.806. The maximum absolute atomic E-state index is 10.4. The molecule has 0 saturated heterocycles. The van der Waals surface area contributed by atoms with E-state index >= 15 is 0 Å². The molecule has 0 aliphatic carbocycles. The van der Waals surface area contributed by atoms with Gasteiger partial charge in [-0.25, -0.2) is 0 Å². The molecule has 1 rings (SSSR count). The van der Waals surface area contributed by atoms with Crippen molar-refractivity contribution in [3.8, 4) is 0 Å². The van der Waals surface area contributed by atoms with Crippen molar-refractivity contribution < 1.29 is 9.63 Å². The largest absolute Gasteiger partial charge is 0.298 e. The zero-order valence-corrected chi connectivity index (χ0v) is 7.13. The standard InChI is InChI=1S/C9H11NO2/c1-7-3-4-8(6-11)5-9(7)10-12-2/h3-6,10H,1-2H3. The maximum atomic E-state index is 10.4. The number of carbonyl (C=O) groups is 1. The molecular formula is C9H11NO2. The van der Waals surface area contributed by atoms with Gasteiger partial charge in [0.1, 0.15) is 6.29 Å². The molecule has 1 aromatic rings. The summed E-state index contributed by atoms with van der Waals surface area (Å²) < 4.78 is 0. The van der Waals surface area contributed by atoms with Gasteiger partial charge < -0.3 is 0 Å². The lowest BCUT2D eigenvalue weighted by atomic mass is 10.1. The molecule has 0 aliphatic heterocycles. The fraction of sp³-hybridized carbons (Fsp3) is 0.222. The molecule has 0 saturated carbocycles. The van der Waals surface area contributed by atoms with Crippen LogP contribution in [0.2, 0.25) is 0 Å². The minimum atomic E-state index is 0.639. The molecule has 1 aromatic carbocycles. The number of aryl methyl sites for hydroxylation is 1. The summed E-state index contributed by atoms with van der Waals surface area (Å²) in [5.41, 5.74) is 5.20. The van der Waals surface area contributed by atoms with Crippen LogP contribution >= 0.6 is 0 Å². The minimum absolute atomic E-state index is 0.639. The Labute approximate surface area is 71.3 Å². The Morgan fingerprint density at radius 2 is 2.25 bits per heavy atom. The van der Waals surface area contributed by atoms with Gasteiger partial charge in [-0.2, -0.15) is 0 Å². The predicted octanol–water partition coefficient (Wildman–Crippen LogP) is 1.78. The number of carbonyl (C=O) groups excluding carboxylic acids is 1. The summed E-state index contributed by atoms with van der Waals surface area (Å²) in [5.74, 6) is 0. The fourth-order valence-corrected chi connectivity index (χ4v) is 0.933. The Kier molecular flexibility index (Phi) is 2.82.